The standard InChI is InChI=1S/C27H40N4O5S/c1-19(32)28-22(9-10-23(33)36-26(2,3)4)24(34)31-16-13-27(18-31)11-14-30(15-12-27)25(37)29-20-7-6-8-21(17-20)35-5/h6-8,17,22H,9-16,18H2,1-5H3,(H,28,32)(H,29,37)/t22-/m0/s1. The number of methoxy groups -OCH3 is 1. The number of thiocarbonyl (C=S) groups is 1. The van der Waals surface area contributed by atoms with Crippen LogP contribution >= 0.6 is 12.2 Å². The number of ether oxygens (including phenoxy) is 2. The van der Waals surface area contributed by atoms with E-state index < -0.39 is 11.6 Å². The molecule has 9 nitrogen and oxygen atoms in total. The fraction of sp³-hybridized carbons (Fsp3) is 0.630. The largest absolute Gasteiger partial charge is 0.497 e. The molecule has 10 heteroatoms. The van der Waals surface area contributed by atoms with Gasteiger partial charge in [0.2, 0.25) is 11.8 Å². The molecule has 37 heavy (non-hydrogen) atoms. The molecule has 2 saturated heterocycles. The molecule has 2 aliphatic rings. The van der Waals surface area contributed by atoms with E-state index >= 15 is 0 Å². The van der Waals surface area contributed by atoms with E-state index in [-0.39, 0.29) is 36.0 Å². The molecule has 0 bridgehead atoms. The molecule has 1 spiro atoms. The number of piperidine rings is 1. The second kappa shape index (κ2) is 12.1. The number of nitrogens with one attached hydrogen (secondary N) is 2. The average Bonchev–Trinajstić information content (AvgIpc) is 3.23. The lowest BCUT2D eigenvalue weighted by Crippen LogP contribution is -2.49. The fourth-order valence-corrected chi connectivity index (χ4v) is 5.30. The average molecular weight is 533 g/mol. The van der Waals surface area contributed by atoms with Gasteiger partial charge in [0.1, 0.15) is 17.4 Å². The first-order valence-corrected chi connectivity index (χ1v) is 13.3. The highest BCUT2D eigenvalue weighted by atomic mass is 32.1. The minimum absolute atomic E-state index is 0.0453. The molecule has 1 atom stereocenters. The molecule has 2 aliphatic heterocycles. The Morgan fingerprint density at radius 1 is 1.11 bits per heavy atom. The third kappa shape index (κ3) is 8.31. The van der Waals surface area contributed by atoms with Crippen molar-refractivity contribution in [2.75, 3.05) is 38.6 Å². The van der Waals surface area contributed by atoms with Crippen molar-refractivity contribution in [2.24, 2.45) is 5.41 Å². The number of benzene rings is 1. The van der Waals surface area contributed by atoms with E-state index in [1.807, 2.05) is 29.2 Å². The maximum Gasteiger partial charge on any atom is 0.306 e. The van der Waals surface area contributed by atoms with Crippen LogP contribution in [0.2, 0.25) is 0 Å². The van der Waals surface area contributed by atoms with Crippen molar-refractivity contribution in [3.63, 3.8) is 0 Å². The normalized spacial score (nSPS) is 17.8. The fourth-order valence-electron chi connectivity index (χ4n) is 5.00. The zero-order chi connectivity index (χ0) is 27.2. The lowest BCUT2D eigenvalue weighted by molar-refractivity contribution is -0.155. The van der Waals surface area contributed by atoms with E-state index in [1.54, 1.807) is 27.9 Å². The molecular weight excluding hydrogens is 492 g/mol. The van der Waals surface area contributed by atoms with E-state index in [9.17, 15) is 14.4 Å². The van der Waals surface area contributed by atoms with E-state index in [1.165, 1.54) is 6.92 Å². The predicted octanol–water partition coefficient (Wildman–Crippen LogP) is 3.33. The van der Waals surface area contributed by atoms with Crippen LogP contribution in [0.25, 0.3) is 0 Å². The molecule has 0 unspecified atom stereocenters. The summed E-state index contributed by atoms with van der Waals surface area (Å²) in [4.78, 5) is 41.3. The van der Waals surface area contributed by atoms with Gasteiger partial charge in [-0.15, -0.1) is 0 Å². The maximum atomic E-state index is 13.3. The van der Waals surface area contributed by atoms with Gasteiger partial charge in [0.15, 0.2) is 5.11 Å². The highest BCUT2D eigenvalue weighted by Crippen LogP contribution is 2.40. The summed E-state index contributed by atoms with van der Waals surface area (Å²) in [6.07, 6.45) is 3.06. The van der Waals surface area contributed by atoms with Crippen molar-refractivity contribution < 1.29 is 23.9 Å². The Balaban J connectivity index is 1.53. The Bertz CT molecular complexity index is 1000. The van der Waals surface area contributed by atoms with Crippen LogP contribution in [0.15, 0.2) is 24.3 Å². The summed E-state index contributed by atoms with van der Waals surface area (Å²) in [7, 11) is 1.64. The molecule has 0 aliphatic carbocycles. The third-order valence-corrected chi connectivity index (χ3v) is 7.28. The maximum absolute atomic E-state index is 13.3. The van der Waals surface area contributed by atoms with Crippen LogP contribution < -0.4 is 15.4 Å². The van der Waals surface area contributed by atoms with Crippen LogP contribution in [0.1, 0.15) is 59.8 Å². The molecule has 0 aromatic heterocycles. The van der Waals surface area contributed by atoms with Gasteiger partial charge in [-0.2, -0.15) is 0 Å². The number of anilines is 1. The highest BCUT2D eigenvalue weighted by Gasteiger charge is 2.43. The molecule has 0 radical (unpaired) electrons. The lowest BCUT2D eigenvalue weighted by Gasteiger charge is -2.40. The second-order valence-corrected chi connectivity index (χ2v) is 11.4. The summed E-state index contributed by atoms with van der Waals surface area (Å²) in [5, 5.41) is 6.72. The van der Waals surface area contributed by atoms with Gasteiger partial charge in [-0.05, 0) is 76.2 Å². The molecule has 0 saturated carbocycles. The zero-order valence-corrected chi connectivity index (χ0v) is 23.4. The van der Waals surface area contributed by atoms with Crippen LogP contribution in [0.4, 0.5) is 5.69 Å². The Morgan fingerprint density at radius 2 is 1.76 bits per heavy atom. The van der Waals surface area contributed by atoms with Crippen molar-refractivity contribution in [1.82, 2.24) is 15.1 Å². The molecule has 2 amide bonds. The predicted molar refractivity (Wildman–Crippen MR) is 146 cm³/mol. The number of carbonyl (C=O) groups excluding carboxylic acids is 3. The SMILES string of the molecule is COc1cccc(NC(=S)N2CCC3(CCN(C(=O)[C@H](CCC(=O)OC(C)(C)C)NC(C)=O)C3)CC2)c1. The third-order valence-electron chi connectivity index (χ3n) is 6.92. The van der Waals surface area contributed by atoms with Gasteiger partial charge >= 0.3 is 5.97 Å². The summed E-state index contributed by atoms with van der Waals surface area (Å²) in [5.74, 6) is -0.0284. The number of likely N-dealkylation sites (tertiary alicyclic amines) is 2. The van der Waals surface area contributed by atoms with Gasteiger partial charge in [-0.1, -0.05) is 6.07 Å². The van der Waals surface area contributed by atoms with Crippen molar-refractivity contribution in [2.45, 2.75) is 71.4 Å². The summed E-state index contributed by atoms with van der Waals surface area (Å²) < 4.78 is 10.6. The first kappa shape index (κ1) is 28.7. The van der Waals surface area contributed by atoms with Crippen LogP contribution in [0.5, 0.6) is 5.75 Å². The topological polar surface area (TPSA) is 100 Å². The van der Waals surface area contributed by atoms with E-state index in [2.05, 4.69) is 15.5 Å². The molecule has 2 N–H and O–H groups in total. The molecule has 2 heterocycles. The second-order valence-electron chi connectivity index (χ2n) is 11.0. The number of nitrogens with zero attached hydrogens (tertiary/aromatic N) is 2. The van der Waals surface area contributed by atoms with Gasteiger partial charge in [-0.3, -0.25) is 14.4 Å². The van der Waals surface area contributed by atoms with E-state index in [0.29, 0.717) is 18.2 Å². The first-order valence-electron chi connectivity index (χ1n) is 12.9. The minimum Gasteiger partial charge on any atom is -0.497 e. The van der Waals surface area contributed by atoms with Gasteiger partial charge in [0.05, 0.1) is 7.11 Å². The quantitative estimate of drug-likeness (QED) is 0.408. The molecule has 3 rings (SSSR count). The Labute approximate surface area is 225 Å². The van der Waals surface area contributed by atoms with E-state index in [4.69, 9.17) is 21.7 Å². The van der Waals surface area contributed by atoms with Gasteiger partial charge in [-0.25, -0.2) is 0 Å². The smallest absolute Gasteiger partial charge is 0.306 e. The Kier molecular flexibility index (Phi) is 9.39. The number of carbonyl (C=O) groups is 3. The Hall–Kier alpha value is -2.88. The number of esters is 1. The van der Waals surface area contributed by atoms with Crippen LogP contribution in [0, 0.1) is 5.41 Å². The number of hydrogen-bond acceptors (Lipinski definition) is 6. The van der Waals surface area contributed by atoms with Crippen molar-refractivity contribution in [3.8, 4) is 5.75 Å². The van der Waals surface area contributed by atoms with Gasteiger partial charge in [0.25, 0.3) is 0 Å². The Morgan fingerprint density at radius 3 is 2.35 bits per heavy atom. The van der Waals surface area contributed by atoms with Crippen molar-refractivity contribution in [1.29, 1.82) is 0 Å². The number of rotatable bonds is 7. The summed E-state index contributed by atoms with van der Waals surface area (Å²) in [5.41, 5.74) is 0.341. The molecule has 1 aromatic rings. The molecular formula is C27H40N4O5S. The molecule has 1 aromatic carbocycles. The van der Waals surface area contributed by atoms with Crippen molar-refractivity contribution in [3.05, 3.63) is 24.3 Å². The first-order chi connectivity index (χ1) is 17.4. The summed E-state index contributed by atoms with van der Waals surface area (Å²) in [6, 6.07) is 6.93. The monoisotopic (exact) mass is 532 g/mol. The van der Waals surface area contributed by atoms with Crippen LogP contribution in [-0.4, -0.2) is 77.6 Å². The summed E-state index contributed by atoms with van der Waals surface area (Å²) in [6.45, 7) is 9.72. The van der Waals surface area contributed by atoms with Crippen molar-refractivity contribution >= 4 is 40.8 Å². The van der Waals surface area contributed by atoms with E-state index in [0.717, 1.165) is 43.8 Å². The zero-order valence-electron chi connectivity index (χ0n) is 22.6. The number of hydrogen-bond donors (Lipinski definition) is 2. The van der Waals surface area contributed by atoms with Gasteiger partial charge < -0.3 is 29.9 Å². The van der Waals surface area contributed by atoms with Gasteiger partial charge in [0, 0.05) is 51.3 Å². The minimum atomic E-state index is -0.736. The molecule has 2 fully saturated rings. The highest BCUT2D eigenvalue weighted by molar-refractivity contribution is 7.80. The van der Waals surface area contributed by atoms with Crippen LogP contribution in [0.3, 0.4) is 0 Å². The molecule has 204 valence electrons. The lowest BCUT2D eigenvalue weighted by atomic mass is 9.78. The number of amides is 2. The van der Waals surface area contributed by atoms with Crippen LogP contribution in [-0.2, 0) is 19.1 Å². The summed E-state index contributed by atoms with van der Waals surface area (Å²) >= 11 is 5.65.